The van der Waals surface area contributed by atoms with Gasteiger partial charge in [0.05, 0.1) is 5.52 Å². The number of aromatic nitrogens is 1. The first-order chi connectivity index (χ1) is 20.3. The molecule has 216 valence electrons. The number of benzene rings is 3. The lowest BCUT2D eigenvalue weighted by Gasteiger charge is -2.16. The molecule has 4 aromatic rings. The van der Waals surface area contributed by atoms with Gasteiger partial charge in [0.25, 0.3) is 0 Å². The van der Waals surface area contributed by atoms with Crippen LogP contribution in [0.2, 0.25) is 0 Å². The fourth-order valence-corrected chi connectivity index (χ4v) is 5.34. The molecule has 1 saturated heterocycles. The third kappa shape index (κ3) is 5.78. The lowest BCUT2D eigenvalue weighted by atomic mass is 10.0. The molecule has 8 nitrogen and oxygen atoms in total. The van der Waals surface area contributed by atoms with Crippen LogP contribution in [-0.4, -0.2) is 35.5 Å². The predicted octanol–water partition coefficient (Wildman–Crippen LogP) is 6.29. The summed E-state index contributed by atoms with van der Waals surface area (Å²) in [6.07, 6.45) is 3.53. The van der Waals surface area contributed by atoms with Crippen molar-refractivity contribution in [2.45, 2.75) is 45.2 Å². The van der Waals surface area contributed by atoms with E-state index >= 15 is 4.39 Å². The molecule has 2 heterocycles. The number of carbonyl (C=O) groups excluding carboxylic acids is 2. The minimum absolute atomic E-state index is 0.000621. The molecule has 0 spiro atoms. The zero-order valence-corrected chi connectivity index (χ0v) is 23.5. The molecule has 1 saturated carbocycles. The fourth-order valence-electron chi connectivity index (χ4n) is 5.34. The Bertz CT molecular complexity index is 1620. The van der Waals surface area contributed by atoms with Crippen LogP contribution in [0.5, 0.6) is 17.2 Å². The summed E-state index contributed by atoms with van der Waals surface area (Å²) in [5, 5.41) is 9.75. The Morgan fingerprint density at radius 1 is 0.952 bits per heavy atom. The second kappa shape index (κ2) is 11.4. The van der Waals surface area contributed by atoms with E-state index in [1.54, 1.807) is 42.6 Å². The van der Waals surface area contributed by atoms with Gasteiger partial charge in [-0.1, -0.05) is 25.1 Å². The first-order valence-electron chi connectivity index (χ1n) is 14.2. The maximum atomic E-state index is 15.1. The molecule has 6 rings (SSSR count). The zero-order chi connectivity index (χ0) is 29.3. The van der Waals surface area contributed by atoms with E-state index in [1.807, 2.05) is 24.3 Å². The maximum absolute atomic E-state index is 15.1. The Morgan fingerprint density at radius 2 is 1.71 bits per heavy atom. The summed E-state index contributed by atoms with van der Waals surface area (Å²) in [5.41, 5.74) is 0.362. The Balaban J connectivity index is 1.10. The summed E-state index contributed by atoms with van der Waals surface area (Å²) >= 11 is 0. The summed E-state index contributed by atoms with van der Waals surface area (Å²) in [4.78, 5) is 30.2. The molecule has 2 amide bonds. The van der Waals surface area contributed by atoms with E-state index < -0.39 is 17.1 Å². The van der Waals surface area contributed by atoms with E-state index in [2.05, 4.69) is 34.8 Å². The smallest absolute Gasteiger partial charge is 0.240 e. The number of para-hydroxylation sites is 1. The number of halogens is 1. The number of anilines is 2. The number of amides is 2. The first-order valence-corrected chi connectivity index (χ1v) is 14.2. The molecule has 1 aliphatic carbocycles. The van der Waals surface area contributed by atoms with Crippen LogP contribution in [-0.2, 0) is 9.59 Å². The molecule has 9 heteroatoms. The average molecular weight is 569 g/mol. The lowest BCUT2D eigenvalue weighted by molar-refractivity contribution is -0.131. The Kier molecular flexibility index (Phi) is 7.51. The molecule has 2 aliphatic rings. The van der Waals surface area contributed by atoms with Crippen molar-refractivity contribution < 1.29 is 23.5 Å². The van der Waals surface area contributed by atoms with Gasteiger partial charge in [0.1, 0.15) is 23.5 Å². The molecule has 42 heavy (non-hydrogen) atoms. The van der Waals surface area contributed by atoms with Gasteiger partial charge in [-0.15, -0.1) is 0 Å². The molecule has 1 aromatic heterocycles. The molecule has 3 atom stereocenters. The number of rotatable bonds is 9. The number of carbonyl (C=O) groups is 2. The van der Waals surface area contributed by atoms with Gasteiger partial charge in [-0.2, -0.15) is 0 Å². The van der Waals surface area contributed by atoms with E-state index in [9.17, 15) is 9.59 Å². The first kappa shape index (κ1) is 27.7. The van der Waals surface area contributed by atoms with Crippen molar-refractivity contribution in [1.82, 2.24) is 10.3 Å². The maximum Gasteiger partial charge on any atom is 0.240 e. The summed E-state index contributed by atoms with van der Waals surface area (Å²) < 4.78 is 27.1. The van der Waals surface area contributed by atoms with Gasteiger partial charge < -0.3 is 25.4 Å². The Morgan fingerprint density at radius 3 is 2.40 bits per heavy atom. The van der Waals surface area contributed by atoms with Crippen LogP contribution >= 0.6 is 0 Å². The summed E-state index contributed by atoms with van der Waals surface area (Å²) in [6.45, 7) is 5.00. The topological polar surface area (TPSA) is 102 Å². The molecule has 0 radical (unpaired) electrons. The van der Waals surface area contributed by atoms with Crippen molar-refractivity contribution in [3.63, 3.8) is 0 Å². The van der Waals surface area contributed by atoms with Gasteiger partial charge in [0.15, 0.2) is 11.6 Å². The second-order valence-electron chi connectivity index (χ2n) is 11.3. The molecule has 3 aromatic carbocycles. The standard InChI is InChI=1S/C33H33FN4O4/c1-20-16-24(36-21(20)2)19-41-25-9-10-26-28(18-25)35-15-12-29(26)42-30-11-8-23(17-27(30)34)38-32(40)33(13-14-33)31(39)37-22-6-4-3-5-7-22/h3-12,15,17-18,20-21,24,36H,13-14,16,19H2,1-2H3,(H,37,39)(H,38,40)/t20?,21?,24-/m1/s1. The van der Waals surface area contributed by atoms with Crippen LogP contribution in [0, 0.1) is 17.2 Å². The highest BCUT2D eigenvalue weighted by molar-refractivity contribution is 6.16. The molecule has 3 N–H and O–H groups in total. The zero-order valence-electron chi connectivity index (χ0n) is 23.5. The van der Waals surface area contributed by atoms with Crippen LogP contribution in [0.4, 0.5) is 15.8 Å². The molecule has 0 bridgehead atoms. The Hall–Kier alpha value is -4.50. The fraction of sp³-hybridized carbons (Fsp3) is 0.303. The number of nitrogens with one attached hydrogen (secondary N) is 3. The minimum atomic E-state index is -1.16. The summed E-state index contributed by atoms with van der Waals surface area (Å²) in [5.74, 6) is 0.279. The van der Waals surface area contributed by atoms with Crippen LogP contribution in [0.1, 0.15) is 33.1 Å². The highest BCUT2D eigenvalue weighted by atomic mass is 19.1. The van der Waals surface area contributed by atoms with E-state index in [1.165, 1.54) is 12.1 Å². The van der Waals surface area contributed by atoms with Crippen molar-refractivity contribution in [2.24, 2.45) is 11.3 Å². The van der Waals surface area contributed by atoms with Gasteiger partial charge in [-0.3, -0.25) is 14.6 Å². The Labute approximate surface area is 243 Å². The van der Waals surface area contributed by atoms with Gasteiger partial charge in [-0.25, -0.2) is 4.39 Å². The normalized spacial score (nSPS) is 20.6. The van der Waals surface area contributed by atoms with Crippen molar-refractivity contribution >= 4 is 34.1 Å². The third-order valence-electron chi connectivity index (χ3n) is 8.19. The monoisotopic (exact) mass is 568 g/mol. The summed E-state index contributed by atoms with van der Waals surface area (Å²) in [6, 6.07) is 21.2. The van der Waals surface area contributed by atoms with Gasteiger partial charge in [0, 0.05) is 47.2 Å². The van der Waals surface area contributed by atoms with Gasteiger partial charge >= 0.3 is 0 Å². The van der Waals surface area contributed by atoms with Crippen LogP contribution in [0.15, 0.2) is 79.0 Å². The van der Waals surface area contributed by atoms with Crippen LogP contribution in [0.25, 0.3) is 10.9 Å². The van der Waals surface area contributed by atoms with Crippen LogP contribution < -0.4 is 25.4 Å². The molecule has 2 unspecified atom stereocenters. The number of fused-ring (bicyclic) bond motifs is 1. The molecule has 1 aliphatic heterocycles. The predicted molar refractivity (Wildman–Crippen MR) is 159 cm³/mol. The van der Waals surface area contributed by atoms with E-state index in [-0.39, 0.29) is 17.3 Å². The van der Waals surface area contributed by atoms with Gasteiger partial charge in [0.2, 0.25) is 11.8 Å². The van der Waals surface area contributed by atoms with E-state index in [0.29, 0.717) is 65.5 Å². The van der Waals surface area contributed by atoms with E-state index in [4.69, 9.17) is 9.47 Å². The molecular weight excluding hydrogens is 535 g/mol. The molecule has 2 fully saturated rings. The van der Waals surface area contributed by atoms with Crippen LogP contribution in [0.3, 0.4) is 0 Å². The van der Waals surface area contributed by atoms with Crippen molar-refractivity contribution in [2.75, 3.05) is 17.2 Å². The lowest BCUT2D eigenvalue weighted by Crippen LogP contribution is -2.35. The average Bonchev–Trinajstić information content (AvgIpc) is 3.74. The highest BCUT2D eigenvalue weighted by Gasteiger charge is 2.56. The highest BCUT2D eigenvalue weighted by Crippen LogP contribution is 2.47. The van der Waals surface area contributed by atoms with Crippen molar-refractivity contribution in [3.05, 3.63) is 84.8 Å². The number of hydrogen-bond acceptors (Lipinski definition) is 6. The largest absolute Gasteiger partial charge is 0.492 e. The SMILES string of the molecule is CC1C[C@H](COc2ccc3c(Oc4ccc(NC(=O)C5(C(=O)Nc6ccccc6)CC5)cc4F)ccnc3c2)NC1C. The quantitative estimate of drug-likeness (QED) is 0.205. The van der Waals surface area contributed by atoms with Crippen molar-refractivity contribution in [1.29, 1.82) is 0 Å². The van der Waals surface area contributed by atoms with E-state index in [0.717, 1.165) is 6.42 Å². The minimum Gasteiger partial charge on any atom is -0.492 e. The number of ether oxygens (including phenoxy) is 2. The number of nitrogens with zero attached hydrogens (tertiary/aromatic N) is 1. The van der Waals surface area contributed by atoms with Gasteiger partial charge in [-0.05, 0) is 74.6 Å². The molecular formula is C33H33FN4O4. The third-order valence-corrected chi connectivity index (χ3v) is 8.19. The number of hydrogen-bond donors (Lipinski definition) is 3. The summed E-state index contributed by atoms with van der Waals surface area (Å²) in [7, 11) is 0. The number of pyridine rings is 1. The second-order valence-corrected chi connectivity index (χ2v) is 11.3. The van der Waals surface area contributed by atoms with Crippen molar-refractivity contribution in [3.8, 4) is 17.2 Å².